The molecule has 2 rings (SSSR count). The topological polar surface area (TPSA) is 53.1 Å². The van der Waals surface area contributed by atoms with Crippen LogP contribution in [0.2, 0.25) is 0 Å². The second kappa shape index (κ2) is 5.35. The normalized spacial score (nSPS) is 25.9. The Kier molecular flexibility index (Phi) is 4.07. The fraction of sp³-hybridized carbons (Fsp3) is 0.727. The minimum atomic E-state index is 0.380. The lowest BCUT2D eigenvalue weighted by Gasteiger charge is -2.30. The number of hydrogen-bond donors (Lipinski definition) is 1. The highest BCUT2D eigenvalue weighted by atomic mass is 127. The highest BCUT2D eigenvalue weighted by molar-refractivity contribution is 14.1. The van der Waals surface area contributed by atoms with E-state index in [0.29, 0.717) is 12.1 Å². The Bertz CT molecular complexity index is 351. The maximum atomic E-state index is 6.00. The van der Waals surface area contributed by atoms with Crippen LogP contribution in [0.5, 0.6) is 0 Å². The van der Waals surface area contributed by atoms with E-state index in [1.165, 1.54) is 6.42 Å². The minimum absolute atomic E-state index is 0.380. The first kappa shape index (κ1) is 12.2. The third-order valence-electron chi connectivity index (χ3n) is 3.08. The van der Waals surface area contributed by atoms with E-state index in [0.717, 1.165) is 35.3 Å². The van der Waals surface area contributed by atoms with Crippen molar-refractivity contribution in [3.8, 4) is 0 Å². The van der Waals surface area contributed by atoms with Crippen molar-refractivity contribution < 1.29 is 4.74 Å². The van der Waals surface area contributed by atoms with Crippen LogP contribution in [-0.4, -0.2) is 22.5 Å². The largest absolute Gasteiger partial charge is 0.383 e. The molecule has 0 saturated carbocycles. The van der Waals surface area contributed by atoms with Crippen molar-refractivity contribution in [1.82, 2.24) is 9.78 Å². The Morgan fingerprint density at radius 1 is 1.69 bits per heavy atom. The molecule has 2 unspecified atom stereocenters. The summed E-state index contributed by atoms with van der Waals surface area (Å²) in [6, 6.07) is 0.411. The lowest BCUT2D eigenvalue weighted by atomic mass is 10.0. The van der Waals surface area contributed by atoms with Crippen molar-refractivity contribution in [2.24, 2.45) is 0 Å². The molecule has 90 valence electrons. The Labute approximate surface area is 110 Å². The van der Waals surface area contributed by atoms with Crippen LogP contribution in [0.1, 0.15) is 38.6 Å². The molecule has 1 fully saturated rings. The molecule has 0 bridgehead atoms. The summed E-state index contributed by atoms with van der Waals surface area (Å²) in [4.78, 5) is 0. The third-order valence-corrected chi connectivity index (χ3v) is 3.91. The molecule has 2 heterocycles. The molecule has 0 spiro atoms. The molecule has 0 aromatic carbocycles. The Balaban J connectivity index is 2.06. The zero-order valence-electron chi connectivity index (χ0n) is 9.53. The minimum Gasteiger partial charge on any atom is -0.383 e. The van der Waals surface area contributed by atoms with Gasteiger partial charge < -0.3 is 10.5 Å². The van der Waals surface area contributed by atoms with E-state index >= 15 is 0 Å². The molecular weight excluding hydrogens is 317 g/mol. The van der Waals surface area contributed by atoms with Gasteiger partial charge in [0.15, 0.2) is 0 Å². The van der Waals surface area contributed by atoms with Gasteiger partial charge in [0.2, 0.25) is 0 Å². The molecule has 1 aromatic heterocycles. The molecule has 2 atom stereocenters. The zero-order valence-corrected chi connectivity index (χ0v) is 11.7. The summed E-state index contributed by atoms with van der Waals surface area (Å²) < 4.78 is 8.74. The second-order valence-electron chi connectivity index (χ2n) is 4.28. The summed E-state index contributed by atoms with van der Waals surface area (Å²) in [6.45, 7) is 3.02. The predicted octanol–water partition coefficient (Wildman–Crippen LogP) is 2.59. The van der Waals surface area contributed by atoms with Crippen LogP contribution < -0.4 is 5.73 Å². The summed E-state index contributed by atoms with van der Waals surface area (Å²) in [7, 11) is 0. The number of rotatable bonds is 3. The van der Waals surface area contributed by atoms with Crippen LogP contribution >= 0.6 is 22.6 Å². The van der Waals surface area contributed by atoms with E-state index in [1.807, 2.05) is 10.9 Å². The number of halogens is 1. The van der Waals surface area contributed by atoms with Gasteiger partial charge in [-0.25, -0.2) is 4.68 Å². The number of nitrogens with zero attached hydrogens (tertiary/aromatic N) is 2. The molecule has 1 aromatic rings. The Morgan fingerprint density at radius 2 is 2.50 bits per heavy atom. The van der Waals surface area contributed by atoms with E-state index < -0.39 is 0 Å². The summed E-state index contributed by atoms with van der Waals surface area (Å²) in [5.41, 5.74) is 6.00. The van der Waals surface area contributed by atoms with Crippen LogP contribution in [0.4, 0.5) is 5.82 Å². The van der Waals surface area contributed by atoms with Crippen LogP contribution in [-0.2, 0) is 4.74 Å². The Morgan fingerprint density at radius 3 is 3.12 bits per heavy atom. The average Bonchev–Trinajstić information content (AvgIpc) is 2.61. The van der Waals surface area contributed by atoms with Gasteiger partial charge in [0.1, 0.15) is 5.82 Å². The van der Waals surface area contributed by atoms with Gasteiger partial charge >= 0.3 is 0 Å². The fourth-order valence-corrected chi connectivity index (χ4v) is 2.62. The Hall–Kier alpha value is -0.300. The van der Waals surface area contributed by atoms with Gasteiger partial charge in [-0.05, 0) is 41.9 Å². The molecule has 1 aliphatic rings. The van der Waals surface area contributed by atoms with Crippen molar-refractivity contribution in [2.75, 3.05) is 12.3 Å². The molecule has 16 heavy (non-hydrogen) atoms. The summed E-state index contributed by atoms with van der Waals surface area (Å²) in [5.74, 6) is 0.794. The number of anilines is 1. The maximum absolute atomic E-state index is 6.00. The van der Waals surface area contributed by atoms with Crippen molar-refractivity contribution in [3.63, 3.8) is 0 Å². The number of hydrogen-bond acceptors (Lipinski definition) is 3. The smallest absolute Gasteiger partial charge is 0.135 e. The first-order chi connectivity index (χ1) is 7.72. The van der Waals surface area contributed by atoms with Crippen LogP contribution in [0.15, 0.2) is 6.20 Å². The summed E-state index contributed by atoms with van der Waals surface area (Å²) in [5, 5.41) is 4.36. The summed E-state index contributed by atoms with van der Waals surface area (Å²) in [6.07, 6.45) is 6.57. The highest BCUT2D eigenvalue weighted by Gasteiger charge is 2.25. The highest BCUT2D eigenvalue weighted by Crippen LogP contribution is 2.29. The number of nitrogen functional groups attached to an aromatic ring is 1. The molecule has 1 aliphatic heterocycles. The molecular formula is C11H18IN3O. The van der Waals surface area contributed by atoms with Crippen LogP contribution in [0.25, 0.3) is 0 Å². The van der Waals surface area contributed by atoms with Gasteiger partial charge in [-0.3, -0.25) is 0 Å². The fourth-order valence-electron chi connectivity index (χ4n) is 2.25. The van der Waals surface area contributed by atoms with Crippen molar-refractivity contribution >= 4 is 28.4 Å². The second-order valence-corrected chi connectivity index (χ2v) is 5.44. The third kappa shape index (κ3) is 2.51. The van der Waals surface area contributed by atoms with Gasteiger partial charge in [-0.15, -0.1) is 0 Å². The standard InChI is InChI=1S/C11H18IN3O/c1-2-3-9-6-8(4-5-16-9)15-11(13)10(12)7-14-15/h7-9H,2-6,13H2,1H3. The molecule has 5 heteroatoms. The van der Waals surface area contributed by atoms with E-state index in [9.17, 15) is 0 Å². The lowest BCUT2D eigenvalue weighted by molar-refractivity contribution is -0.0119. The average molecular weight is 335 g/mol. The van der Waals surface area contributed by atoms with E-state index in [-0.39, 0.29) is 0 Å². The number of aromatic nitrogens is 2. The van der Waals surface area contributed by atoms with E-state index in [4.69, 9.17) is 10.5 Å². The van der Waals surface area contributed by atoms with Crippen LogP contribution in [0.3, 0.4) is 0 Å². The van der Waals surface area contributed by atoms with Gasteiger partial charge in [0.25, 0.3) is 0 Å². The van der Waals surface area contributed by atoms with Crippen LogP contribution in [0, 0.1) is 3.57 Å². The molecule has 1 saturated heterocycles. The molecule has 4 nitrogen and oxygen atoms in total. The molecule has 0 radical (unpaired) electrons. The quantitative estimate of drug-likeness (QED) is 0.864. The van der Waals surface area contributed by atoms with Gasteiger partial charge in [0.05, 0.1) is 21.9 Å². The first-order valence-electron chi connectivity index (χ1n) is 5.82. The predicted molar refractivity (Wildman–Crippen MR) is 72.3 cm³/mol. The monoisotopic (exact) mass is 335 g/mol. The summed E-state index contributed by atoms with van der Waals surface area (Å²) >= 11 is 2.22. The van der Waals surface area contributed by atoms with Gasteiger partial charge in [-0.1, -0.05) is 13.3 Å². The zero-order chi connectivity index (χ0) is 11.5. The molecule has 2 N–H and O–H groups in total. The van der Waals surface area contributed by atoms with Crippen molar-refractivity contribution in [2.45, 2.75) is 44.8 Å². The van der Waals surface area contributed by atoms with E-state index in [1.54, 1.807) is 0 Å². The molecule has 0 aliphatic carbocycles. The van der Waals surface area contributed by atoms with Gasteiger partial charge in [-0.2, -0.15) is 5.10 Å². The molecule has 0 amide bonds. The van der Waals surface area contributed by atoms with Crippen molar-refractivity contribution in [3.05, 3.63) is 9.77 Å². The SMILES string of the molecule is CCCC1CC(n2ncc(I)c2N)CCO1. The maximum Gasteiger partial charge on any atom is 0.135 e. The number of nitrogens with two attached hydrogens (primary N) is 1. The first-order valence-corrected chi connectivity index (χ1v) is 6.90. The van der Waals surface area contributed by atoms with Gasteiger partial charge in [0, 0.05) is 6.61 Å². The lowest BCUT2D eigenvalue weighted by Crippen LogP contribution is -2.28. The number of ether oxygens (including phenoxy) is 1. The van der Waals surface area contributed by atoms with Crippen molar-refractivity contribution in [1.29, 1.82) is 0 Å². The van der Waals surface area contributed by atoms with E-state index in [2.05, 4.69) is 34.6 Å².